The fraction of sp³-hybridized carbons (Fsp3) is 0.571. The van der Waals surface area contributed by atoms with Crippen LogP contribution in [0, 0.1) is 12.8 Å². The molecule has 1 fully saturated rings. The molecule has 0 aromatic heterocycles. The van der Waals surface area contributed by atoms with Crippen molar-refractivity contribution in [1.29, 1.82) is 0 Å². The Labute approximate surface area is 112 Å². The molecule has 0 atom stereocenters. The van der Waals surface area contributed by atoms with E-state index in [-0.39, 0.29) is 0 Å². The Hall–Kier alpha value is -0.540. The molecule has 1 aliphatic heterocycles. The van der Waals surface area contributed by atoms with Crippen molar-refractivity contribution < 1.29 is 4.74 Å². The highest BCUT2D eigenvalue weighted by molar-refractivity contribution is 9.10. The highest BCUT2D eigenvalue weighted by atomic mass is 79.9. The van der Waals surface area contributed by atoms with Crippen LogP contribution in [0.3, 0.4) is 0 Å². The molecular weight excluding hydrogens is 278 g/mol. The Morgan fingerprint density at radius 3 is 2.88 bits per heavy atom. The molecule has 1 aromatic carbocycles. The Morgan fingerprint density at radius 2 is 2.12 bits per heavy atom. The van der Waals surface area contributed by atoms with Crippen LogP contribution in [0.4, 0.5) is 0 Å². The van der Waals surface area contributed by atoms with Crippen LogP contribution in [0.15, 0.2) is 22.7 Å². The first-order valence-corrected chi connectivity index (χ1v) is 7.15. The van der Waals surface area contributed by atoms with Crippen molar-refractivity contribution in [2.45, 2.75) is 26.2 Å². The van der Waals surface area contributed by atoms with E-state index in [1.807, 2.05) is 12.1 Å². The lowest BCUT2D eigenvalue weighted by molar-refractivity contribution is 0.250. The highest BCUT2D eigenvalue weighted by Crippen LogP contribution is 2.26. The Bertz CT molecular complexity index is 361. The zero-order valence-corrected chi connectivity index (χ0v) is 11.9. The zero-order valence-electron chi connectivity index (χ0n) is 10.3. The lowest BCUT2D eigenvalue weighted by Gasteiger charge is -2.22. The van der Waals surface area contributed by atoms with Crippen molar-refractivity contribution in [3.8, 4) is 5.75 Å². The van der Waals surface area contributed by atoms with Crippen molar-refractivity contribution in [1.82, 2.24) is 5.32 Å². The molecule has 1 heterocycles. The van der Waals surface area contributed by atoms with Crippen LogP contribution >= 0.6 is 15.9 Å². The van der Waals surface area contributed by atoms with Crippen LogP contribution in [0.5, 0.6) is 5.75 Å². The van der Waals surface area contributed by atoms with E-state index >= 15 is 0 Å². The average molecular weight is 298 g/mol. The van der Waals surface area contributed by atoms with E-state index in [1.165, 1.54) is 37.9 Å². The van der Waals surface area contributed by atoms with Gasteiger partial charge in [0.15, 0.2) is 0 Å². The number of hydrogen-bond acceptors (Lipinski definition) is 2. The number of rotatable bonds is 4. The fourth-order valence-electron chi connectivity index (χ4n) is 2.25. The normalized spacial score (nSPS) is 17.1. The van der Waals surface area contributed by atoms with Crippen LogP contribution in [-0.2, 0) is 0 Å². The van der Waals surface area contributed by atoms with E-state index in [0.29, 0.717) is 0 Å². The third kappa shape index (κ3) is 3.71. The van der Waals surface area contributed by atoms with Crippen LogP contribution in [0.25, 0.3) is 0 Å². The minimum Gasteiger partial charge on any atom is -0.493 e. The summed E-state index contributed by atoms with van der Waals surface area (Å²) >= 11 is 3.53. The summed E-state index contributed by atoms with van der Waals surface area (Å²) in [4.78, 5) is 0. The topological polar surface area (TPSA) is 21.3 Å². The maximum Gasteiger partial charge on any atom is 0.123 e. The van der Waals surface area contributed by atoms with E-state index in [9.17, 15) is 0 Å². The molecule has 0 spiro atoms. The zero-order chi connectivity index (χ0) is 12.1. The number of ether oxygens (including phenoxy) is 1. The molecule has 0 saturated carbocycles. The number of piperidine rings is 1. The lowest BCUT2D eigenvalue weighted by Crippen LogP contribution is -2.28. The quantitative estimate of drug-likeness (QED) is 0.918. The minimum atomic E-state index is 0.835. The third-order valence-corrected chi connectivity index (χ3v) is 4.32. The van der Waals surface area contributed by atoms with Gasteiger partial charge in [-0.1, -0.05) is 22.0 Å². The molecule has 0 unspecified atom stereocenters. The Balaban J connectivity index is 1.79. The van der Waals surface area contributed by atoms with Gasteiger partial charge in [0.2, 0.25) is 0 Å². The maximum absolute atomic E-state index is 5.87. The van der Waals surface area contributed by atoms with E-state index < -0.39 is 0 Å². The Morgan fingerprint density at radius 1 is 1.35 bits per heavy atom. The van der Waals surface area contributed by atoms with E-state index in [4.69, 9.17) is 4.74 Å². The summed E-state index contributed by atoms with van der Waals surface area (Å²) in [5.41, 5.74) is 1.19. The molecular formula is C14H20BrNO. The molecule has 1 N–H and O–H groups in total. The van der Waals surface area contributed by atoms with Gasteiger partial charge in [0.1, 0.15) is 5.75 Å². The molecule has 0 radical (unpaired) electrons. The molecule has 94 valence electrons. The maximum atomic E-state index is 5.87. The summed E-state index contributed by atoms with van der Waals surface area (Å²) in [7, 11) is 0. The van der Waals surface area contributed by atoms with Crippen LogP contribution in [0.2, 0.25) is 0 Å². The Kier molecular flexibility index (Phi) is 4.86. The van der Waals surface area contributed by atoms with Gasteiger partial charge in [-0.15, -0.1) is 0 Å². The van der Waals surface area contributed by atoms with Crippen molar-refractivity contribution in [2.24, 2.45) is 5.92 Å². The summed E-state index contributed by atoms with van der Waals surface area (Å²) in [5, 5.41) is 3.39. The van der Waals surface area contributed by atoms with Gasteiger partial charge in [0, 0.05) is 10.0 Å². The van der Waals surface area contributed by atoms with Gasteiger partial charge < -0.3 is 10.1 Å². The molecule has 2 nitrogen and oxygen atoms in total. The molecule has 1 saturated heterocycles. The summed E-state index contributed by atoms with van der Waals surface area (Å²) in [6.45, 7) is 5.26. The highest BCUT2D eigenvalue weighted by Gasteiger charge is 2.13. The smallest absolute Gasteiger partial charge is 0.123 e. The van der Waals surface area contributed by atoms with E-state index in [1.54, 1.807) is 0 Å². The van der Waals surface area contributed by atoms with Crippen LogP contribution in [0.1, 0.15) is 24.8 Å². The molecule has 2 rings (SSSR count). The molecule has 0 amide bonds. The van der Waals surface area contributed by atoms with Crippen molar-refractivity contribution >= 4 is 15.9 Å². The lowest BCUT2D eigenvalue weighted by atomic mass is 9.95. The van der Waals surface area contributed by atoms with Gasteiger partial charge in [-0.25, -0.2) is 0 Å². The first-order valence-electron chi connectivity index (χ1n) is 6.36. The second kappa shape index (κ2) is 6.41. The monoisotopic (exact) mass is 297 g/mol. The number of halogens is 1. The number of nitrogens with one attached hydrogen (secondary N) is 1. The first-order chi connectivity index (χ1) is 8.27. The largest absolute Gasteiger partial charge is 0.493 e. The fourth-order valence-corrected chi connectivity index (χ4v) is 2.60. The predicted molar refractivity (Wildman–Crippen MR) is 74.6 cm³/mol. The molecule has 0 bridgehead atoms. The summed E-state index contributed by atoms with van der Waals surface area (Å²) in [6.07, 6.45) is 3.76. The standard InChI is InChI=1S/C14H20BrNO/c1-11-13(15)3-2-4-14(11)17-10-7-12-5-8-16-9-6-12/h2-4,12,16H,5-10H2,1H3. The van der Waals surface area contributed by atoms with Crippen molar-refractivity contribution in [3.63, 3.8) is 0 Å². The van der Waals surface area contributed by atoms with Gasteiger partial charge in [-0.05, 0) is 57.3 Å². The average Bonchev–Trinajstić information content (AvgIpc) is 2.36. The second-order valence-electron chi connectivity index (χ2n) is 4.69. The first kappa shape index (κ1) is 12.9. The third-order valence-electron chi connectivity index (χ3n) is 3.46. The van der Waals surface area contributed by atoms with Crippen molar-refractivity contribution in [2.75, 3.05) is 19.7 Å². The van der Waals surface area contributed by atoms with Gasteiger partial charge in [-0.3, -0.25) is 0 Å². The molecule has 3 heteroatoms. The van der Waals surface area contributed by atoms with Gasteiger partial charge in [0.05, 0.1) is 6.61 Å². The summed E-state index contributed by atoms with van der Waals surface area (Å²) < 4.78 is 6.99. The molecule has 1 aromatic rings. The van der Waals surface area contributed by atoms with E-state index in [2.05, 4.69) is 34.2 Å². The van der Waals surface area contributed by atoms with Gasteiger partial charge >= 0.3 is 0 Å². The number of hydrogen-bond donors (Lipinski definition) is 1. The van der Waals surface area contributed by atoms with Crippen LogP contribution in [-0.4, -0.2) is 19.7 Å². The molecule has 17 heavy (non-hydrogen) atoms. The van der Waals surface area contributed by atoms with Crippen LogP contribution < -0.4 is 10.1 Å². The molecule has 1 aliphatic rings. The van der Waals surface area contributed by atoms with Gasteiger partial charge in [-0.2, -0.15) is 0 Å². The second-order valence-corrected chi connectivity index (χ2v) is 5.55. The summed E-state index contributed by atoms with van der Waals surface area (Å²) in [5.74, 6) is 1.84. The summed E-state index contributed by atoms with van der Waals surface area (Å²) in [6, 6.07) is 6.12. The SMILES string of the molecule is Cc1c(Br)cccc1OCCC1CCNCC1. The minimum absolute atomic E-state index is 0.835. The van der Waals surface area contributed by atoms with E-state index in [0.717, 1.165) is 22.7 Å². The van der Waals surface area contributed by atoms with Crippen molar-refractivity contribution in [3.05, 3.63) is 28.2 Å². The molecule has 0 aliphatic carbocycles. The predicted octanol–water partition coefficient (Wildman–Crippen LogP) is 3.53. The van der Waals surface area contributed by atoms with Gasteiger partial charge in [0.25, 0.3) is 0 Å². The number of benzene rings is 1.